The molecule has 1 N–H and O–H groups in total. The van der Waals surface area contributed by atoms with Crippen LogP contribution >= 0.6 is 0 Å². The molecular weight excluding hydrogens is 349 g/mol. The highest BCUT2D eigenvalue weighted by molar-refractivity contribution is 6.00. The highest BCUT2D eigenvalue weighted by Gasteiger charge is 2.35. The van der Waals surface area contributed by atoms with Crippen molar-refractivity contribution in [3.8, 4) is 0 Å². The highest BCUT2D eigenvalue weighted by Crippen LogP contribution is 2.27. The van der Waals surface area contributed by atoms with Gasteiger partial charge in [-0.15, -0.1) is 0 Å². The van der Waals surface area contributed by atoms with Crippen molar-refractivity contribution in [2.75, 3.05) is 31.1 Å². The highest BCUT2D eigenvalue weighted by atomic mass is 19.1. The molecule has 0 aromatic heterocycles. The monoisotopic (exact) mass is 375 g/mol. The molecule has 1 unspecified atom stereocenters. The summed E-state index contributed by atoms with van der Waals surface area (Å²) >= 11 is 0. The van der Waals surface area contributed by atoms with Gasteiger partial charge in [0, 0.05) is 39.0 Å². The molecule has 2 fully saturated rings. The molecule has 2 heterocycles. The first kappa shape index (κ1) is 19.3. The number of hydrogen-bond donors (Lipinski definition) is 1. The summed E-state index contributed by atoms with van der Waals surface area (Å²) in [5, 5.41) is 2.85. The predicted molar refractivity (Wildman–Crippen MR) is 99.5 cm³/mol. The Labute approximate surface area is 158 Å². The third kappa shape index (κ3) is 4.84. The number of amides is 3. The number of rotatable bonds is 6. The third-order valence-electron chi connectivity index (χ3n) is 5.21. The average molecular weight is 375 g/mol. The molecule has 0 radical (unpaired) electrons. The van der Waals surface area contributed by atoms with E-state index in [1.165, 1.54) is 11.0 Å². The minimum Gasteiger partial charge on any atom is -0.356 e. The van der Waals surface area contributed by atoms with Gasteiger partial charge in [-0.1, -0.05) is 18.6 Å². The molecule has 3 rings (SSSR count). The van der Waals surface area contributed by atoms with Gasteiger partial charge in [-0.2, -0.15) is 0 Å². The van der Waals surface area contributed by atoms with E-state index in [0.29, 0.717) is 25.9 Å². The summed E-state index contributed by atoms with van der Waals surface area (Å²) in [7, 11) is 0. The number of carbonyl (C=O) groups is 3. The van der Waals surface area contributed by atoms with Crippen molar-refractivity contribution >= 4 is 23.4 Å². The molecular formula is C20H26FN3O3. The normalized spacial score (nSPS) is 20.7. The molecule has 0 aliphatic carbocycles. The van der Waals surface area contributed by atoms with Gasteiger partial charge in [0.1, 0.15) is 5.82 Å². The number of para-hydroxylation sites is 1. The fraction of sp³-hybridized carbons (Fsp3) is 0.550. The maximum absolute atomic E-state index is 13.9. The zero-order chi connectivity index (χ0) is 19.2. The molecule has 6 nitrogen and oxygen atoms in total. The van der Waals surface area contributed by atoms with E-state index in [9.17, 15) is 18.8 Å². The number of anilines is 1. The average Bonchev–Trinajstić information content (AvgIpc) is 2.92. The standard InChI is InChI=1S/C20H26FN3O3/c21-16-7-3-4-8-17(16)24-14-15(13-19(24)26)20(27)22-10-6-12-23-11-5-1-2-9-18(23)25/h3-4,7-8,15H,1-2,5-6,9-14H2,(H,22,27). The van der Waals surface area contributed by atoms with E-state index < -0.39 is 11.7 Å². The van der Waals surface area contributed by atoms with Crippen LogP contribution < -0.4 is 10.2 Å². The number of carbonyl (C=O) groups excluding carboxylic acids is 3. The number of nitrogens with one attached hydrogen (secondary N) is 1. The quantitative estimate of drug-likeness (QED) is 0.774. The molecule has 1 aromatic carbocycles. The number of benzene rings is 1. The van der Waals surface area contributed by atoms with Crippen LogP contribution in [0.3, 0.4) is 0 Å². The van der Waals surface area contributed by atoms with Gasteiger partial charge < -0.3 is 15.1 Å². The van der Waals surface area contributed by atoms with Crippen LogP contribution in [-0.4, -0.2) is 48.8 Å². The molecule has 3 amide bonds. The van der Waals surface area contributed by atoms with Crippen molar-refractivity contribution < 1.29 is 18.8 Å². The minimum atomic E-state index is -0.475. The van der Waals surface area contributed by atoms with Crippen molar-refractivity contribution in [3.05, 3.63) is 30.1 Å². The van der Waals surface area contributed by atoms with E-state index >= 15 is 0 Å². The van der Waals surface area contributed by atoms with Gasteiger partial charge in [0.25, 0.3) is 0 Å². The van der Waals surface area contributed by atoms with Crippen LogP contribution in [0.15, 0.2) is 24.3 Å². The third-order valence-corrected chi connectivity index (χ3v) is 5.21. The van der Waals surface area contributed by atoms with Crippen molar-refractivity contribution in [1.82, 2.24) is 10.2 Å². The first-order valence-corrected chi connectivity index (χ1v) is 9.66. The summed E-state index contributed by atoms with van der Waals surface area (Å²) in [5.41, 5.74) is 0.220. The van der Waals surface area contributed by atoms with Crippen LogP contribution in [-0.2, 0) is 14.4 Å². The van der Waals surface area contributed by atoms with E-state index in [2.05, 4.69) is 5.32 Å². The molecule has 2 aliphatic heterocycles. The van der Waals surface area contributed by atoms with Gasteiger partial charge in [-0.05, 0) is 31.4 Å². The fourth-order valence-electron chi connectivity index (χ4n) is 3.69. The van der Waals surface area contributed by atoms with Gasteiger partial charge in [0.05, 0.1) is 11.6 Å². The molecule has 2 saturated heterocycles. The second kappa shape index (κ2) is 8.97. The molecule has 7 heteroatoms. The molecule has 1 aromatic rings. The van der Waals surface area contributed by atoms with E-state index in [-0.39, 0.29) is 36.4 Å². The molecule has 27 heavy (non-hydrogen) atoms. The molecule has 0 spiro atoms. The van der Waals surface area contributed by atoms with Gasteiger partial charge in [0.2, 0.25) is 17.7 Å². The maximum Gasteiger partial charge on any atom is 0.227 e. The van der Waals surface area contributed by atoms with Gasteiger partial charge >= 0.3 is 0 Å². The molecule has 146 valence electrons. The zero-order valence-electron chi connectivity index (χ0n) is 15.5. The van der Waals surface area contributed by atoms with E-state index in [1.54, 1.807) is 18.2 Å². The number of likely N-dealkylation sites (tertiary alicyclic amines) is 1. The van der Waals surface area contributed by atoms with E-state index in [1.807, 2.05) is 4.90 Å². The lowest BCUT2D eigenvalue weighted by atomic mass is 10.1. The maximum atomic E-state index is 13.9. The SMILES string of the molecule is O=C(NCCCN1CCCCCC1=O)C1CC(=O)N(c2ccccc2F)C1. The minimum absolute atomic E-state index is 0.0881. The summed E-state index contributed by atoms with van der Waals surface area (Å²) in [5.74, 6) is -1.17. The first-order valence-electron chi connectivity index (χ1n) is 9.66. The fourth-order valence-corrected chi connectivity index (χ4v) is 3.69. The molecule has 0 bridgehead atoms. The van der Waals surface area contributed by atoms with Crippen molar-refractivity contribution in [2.24, 2.45) is 5.92 Å². The second-order valence-electron chi connectivity index (χ2n) is 7.19. The van der Waals surface area contributed by atoms with Gasteiger partial charge in [0.15, 0.2) is 0 Å². The summed E-state index contributed by atoms with van der Waals surface area (Å²) in [6.45, 7) is 2.09. The molecule has 0 saturated carbocycles. The Kier molecular flexibility index (Phi) is 6.42. The van der Waals surface area contributed by atoms with Crippen LogP contribution in [0, 0.1) is 11.7 Å². The summed E-state index contributed by atoms with van der Waals surface area (Å²) in [6.07, 6.45) is 4.48. The Morgan fingerprint density at radius 1 is 1.15 bits per heavy atom. The van der Waals surface area contributed by atoms with Crippen molar-refractivity contribution in [2.45, 2.75) is 38.5 Å². The largest absolute Gasteiger partial charge is 0.356 e. The lowest BCUT2D eigenvalue weighted by Gasteiger charge is -2.20. The number of halogens is 1. The molecule has 1 atom stereocenters. The van der Waals surface area contributed by atoms with Gasteiger partial charge in [-0.3, -0.25) is 14.4 Å². The summed E-state index contributed by atoms with van der Waals surface area (Å²) in [4.78, 5) is 39.7. The van der Waals surface area contributed by atoms with Crippen molar-refractivity contribution in [1.29, 1.82) is 0 Å². The Morgan fingerprint density at radius 2 is 1.96 bits per heavy atom. The van der Waals surface area contributed by atoms with Gasteiger partial charge in [-0.25, -0.2) is 4.39 Å². The van der Waals surface area contributed by atoms with Crippen molar-refractivity contribution in [3.63, 3.8) is 0 Å². The summed E-state index contributed by atoms with van der Waals surface area (Å²) < 4.78 is 13.9. The first-order chi connectivity index (χ1) is 13.1. The summed E-state index contributed by atoms with van der Waals surface area (Å²) in [6, 6.07) is 6.09. The van der Waals surface area contributed by atoms with Crippen LogP contribution in [0.2, 0.25) is 0 Å². The lowest BCUT2D eigenvalue weighted by Crippen LogP contribution is -2.36. The van der Waals surface area contributed by atoms with E-state index in [0.717, 1.165) is 25.8 Å². The van der Waals surface area contributed by atoms with Crippen LogP contribution in [0.4, 0.5) is 10.1 Å². The topological polar surface area (TPSA) is 69.7 Å². The zero-order valence-corrected chi connectivity index (χ0v) is 15.5. The second-order valence-corrected chi connectivity index (χ2v) is 7.19. The number of hydrogen-bond acceptors (Lipinski definition) is 3. The van der Waals surface area contributed by atoms with Crippen LogP contribution in [0.5, 0.6) is 0 Å². The Morgan fingerprint density at radius 3 is 2.78 bits per heavy atom. The predicted octanol–water partition coefficient (Wildman–Crippen LogP) is 2.09. The smallest absolute Gasteiger partial charge is 0.227 e. The van der Waals surface area contributed by atoms with Crippen LogP contribution in [0.25, 0.3) is 0 Å². The Balaban J connectivity index is 1.44. The Bertz CT molecular complexity index is 709. The van der Waals surface area contributed by atoms with E-state index in [4.69, 9.17) is 0 Å². The Hall–Kier alpha value is -2.44. The number of nitrogens with zero attached hydrogens (tertiary/aromatic N) is 2. The molecule has 2 aliphatic rings. The van der Waals surface area contributed by atoms with Crippen LogP contribution in [0.1, 0.15) is 38.5 Å². The lowest BCUT2D eigenvalue weighted by molar-refractivity contribution is -0.130.